The van der Waals surface area contributed by atoms with Gasteiger partial charge in [-0.1, -0.05) is 19.6 Å². The predicted molar refractivity (Wildman–Crippen MR) is 38.3 cm³/mol. The molecular weight excluding hydrogens is 138 g/mol. The Bertz CT molecular complexity index is 128. The lowest BCUT2D eigenvalue weighted by molar-refractivity contribution is 0.565. The van der Waals surface area contributed by atoms with Crippen LogP contribution < -0.4 is 0 Å². The largest absolute Gasteiger partial charge is 0.215 e. The molecule has 0 aromatic carbocycles. The summed E-state index contributed by atoms with van der Waals surface area (Å²) >= 11 is 0. The molecule has 0 saturated heterocycles. The van der Waals surface area contributed by atoms with Crippen molar-refractivity contribution in [1.82, 2.24) is 0 Å². The third-order valence-corrected chi connectivity index (χ3v) is 2.62. The molecule has 0 aromatic heterocycles. The predicted octanol–water partition coefficient (Wildman–Crippen LogP) is 3.03. The van der Waals surface area contributed by atoms with Crippen LogP contribution in [0.25, 0.3) is 0 Å². The smallest absolute Gasteiger partial charge is 0.123 e. The molecule has 0 radical (unpaired) electrons. The lowest BCUT2D eigenvalue weighted by atomic mass is 10.7. The van der Waals surface area contributed by atoms with Gasteiger partial charge < -0.3 is 0 Å². The highest BCUT2D eigenvalue weighted by Gasteiger charge is 2.22. The average molecular weight is 150 g/mol. The molecule has 0 amide bonds. The van der Waals surface area contributed by atoms with Gasteiger partial charge in [-0.3, -0.25) is 0 Å². The van der Waals surface area contributed by atoms with Crippen molar-refractivity contribution in [2.45, 2.75) is 26.6 Å². The second-order valence-electron chi connectivity index (χ2n) is 3.10. The Hall–Kier alpha value is -0.183. The molecule has 0 atom stereocenters. The molecule has 0 aliphatic heterocycles. The molecule has 0 spiro atoms. The zero-order valence-corrected chi connectivity index (χ0v) is 7.26. The summed E-state index contributed by atoms with van der Waals surface area (Å²) in [6.07, 6.45) is 0. The first-order valence-corrected chi connectivity index (χ1v) is 6.38. The molecule has 0 saturated carbocycles. The van der Waals surface area contributed by atoms with E-state index in [-0.39, 0.29) is 0 Å². The van der Waals surface area contributed by atoms with E-state index in [0.717, 1.165) is 6.92 Å². The van der Waals surface area contributed by atoms with Gasteiger partial charge in [0.1, 0.15) is 19.4 Å². The van der Waals surface area contributed by atoms with Gasteiger partial charge in [-0.05, 0) is 6.92 Å². The summed E-state index contributed by atoms with van der Waals surface area (Å²) in [5.41, 5.74) is -0.525. The van der Waals surface area contributed by atoms with Gasteiger partial charge in [0.2, 0.25) is 0 Å². The number of hydrogen-bond donors (Lipinski definition) is 0. The van der Waals surface area contributed by atoms with Crippen molar-refractivity contribution in [2.75, 3.05) is 0 Å². The maximum absolute atomic E-state index is 12.6. The van der Waals surface area contributed by atoms with Crippen LogP contribution in [0.15, 0.2) is 11.3 Å². The number of halogens is 2. The van der Waals surface area contributed by atoms with E-state index in [0.29, 0.717) is 0 Å². The first-order valence-electron chi connectivity index (χ1n) is 2.88. The Morgan fingerprint density at radius 3 is 1.44 bits per heavy atom. The number of allylic oxidation sites excluding steroid dienone is 1. The maximum atomic E-state index is 12.6. The van der Waals surface area contributed by atoms with Gasteiger partial charge in [0.25, 0.3) is 0 Å². The molecule has 0 bridgehead atoms. The van der Waals surface area contributed by atoms with Crippen LogP contribution >= 0.6 is 0 Å². The molecule has 0 aliphatic carbocycles. The number of hydrogen-bond acceptors (Lipinski definition) is 0. The fourth-order valence-electron chi connectivity index (χ4n) is 0.517. The first-order chi connectivity index (χ1) is 3.85. The summed E-state index contributed by atoms with van der Waals surface area (Å²) < 4.78 is 24.7. The van der Waals surface area contributed by atoms with E-state index in [1.165, 1.54) is 0 Å². The topological polar surface area (TPSA) is 0 Å². The second-order valence-corrected chi connectivity index (χ2v) is 8.04. The molecule has 0 heterocycles. The van der Waals surface area contributed by atoms with Crippen LogP contribution in [0.4, 0.5) is 8.78 Å². The Labute approximate surface area is 55.6 Å². The molecule has 3 heteroatoms. The molecule has 0 unspecified atom stereocenters. The Kier molecular flexibility index (Phi) is 2.55. The van der Waals surface area contributed by atoms with Crippen LogP contribution in [0.5, 0.6) is 0 Å². The van der Waals surface area contributed by atoms with E-state index >= 15 is 0 Å². The maximum Gasteiger partial charge on any atom is 0.123 e. The van der Waals surface area contributed by atoms with Gasteiger partial charge in [-0.15, -0.1) is 0 Å². The Morgan fingerprint density at radius 2 is 1.44 bits per heavy atom. The van der Waals surface area contributed by atoms with Crippen molar-refractivity contribution in [3.05, 3.63) is 11.3 Å². The molecule has 0 nitrogen and oxygen atoms in total. The molecule has 0 fully saturated rings. The van der Waals surface area contributed by atoms with Crippen LogP contribution in [0.3, 0.4) is 0 Å². The highest BCUT2D eigenvalue weighted by atomic mass is 28.3. The highest BCUT2D eigenvalue weighted by molar-refractivity contribution is 6.82. The molecule has 0 N–H and O–H groups in total. The molecule has 0 aliphatic rings. The zero-order valence-electron chi connectivity index (χ0n) is 6.26. The van der Waals surface area contributed by atoms with Crippen LogP contribution in [0, 0.1) is 0 Å². The summed E-state index contributed by atoms with van der Waals surface area (Å²) in [7, 11) is -1.99. The van der Waals surface area contributed by atoms with Crippen LogP contribution in [-0.2, 0) is 0 Å². The van der Waals surface area contributed by atoms with Gasteiger partial charge in [0.05, 0.1) is 0 Å². The Balaban J connectivity index is 4.40. The van der Waals surface area contributed by atoms with Crippen LogP contribution in [0.2, 0.25) is 19.6 Å². The van der Waals surface area contributed by atoms with Crippen LogP contribution in [0.1, 0.15) is 6.92 Å². The molecule has 0 aromatic rings. The zero-order chi connectivity index (χ0) is 7.65. The summed E-state index contributed by atoms with van der Waals surface area (Å²) in [5, 5.41) is 0. The summed E-state index contributed by atoms with van der Waals surface area (Å²) in [6.45, 7) is 6.47. The van der Waals surface area contributed by atoms with Crippen molar-refractivity contribution in [2.24, 2.45) is 0 Å². The fraction of sp³-hybridized carbons (Fsp3) is 0.667. The van der Waals surface area contributed by atoms with Crippen molar-refractivity contribution in [1.29, 1.82) is 0 Å². The summed E-state index contributed by atoms with van der Waals surface area (Å²) in [4.78, 5) is 0. The molecular formula is C6H12F2Si. The van der Waals surface area contributed by atoms with Crippen molar-refractivity contribution in [3.63, 3.8) is 0 Å². The lowest BCUT2D eigenvalue weighted by Crippen LogP contribution is -2.21. The summed E-state index contributed by atoms with van der Waals surface area (Å²) in [6, 6.07) is 0. The molecule has 54 valence electrons. The monoisotopic (exact) mass is 150 g/mol. The van der Waals surface area contributed by atoms with E-state index < -0.39 is 19.4 Å². The highest BCUT2D eigenvalue weighted by Crippen LogP contribution is 2.19. The average Bonchev–Trinajstić information content (AvgIpc) is 1.62. The van der Waals surface area contributed by atoms with E-state index in [2.05, 4.69) is 0 Å². The minimum Gasteiger partial charge on any atom is -0.215 e. The lowest BCUT2D eigenvalue weighted by Gasteiger charge is -2.11. The third-order valence-electron chi connectivity index (χ3n) is 0.961. The normalized spacial score (nSPS) is 15.3. The quantitative estimate of drug-likeness (QED) is 0.504. The second kappa shape index (κ2) is 2.60. The molecule has 0 rings (SSSR count). The fourth-order valence-corrected chi connectivity index (χ4v) is 1.55. The van der Waals surface area contributed by atoms with Gasteiger partial charge in [0.15, 0.2) is 0 Å². The van der Waals surface area contributed by atoms with Gasteiger partial charge >= 0.3 is 0 Å². The van der Waals surface area contributed by atoms with Crippen LogP contribution in [-0.4, -0.2) is 8.07 Å². The minimum absolute atomic E-state index is 0.525. The molecule has 9 heavy (non-hydrogen) atoms. The minimum atomic E-state index is -1.99. The van der Waals surface area contributed by atoms with Gasteiger partial charge in [0, 0.05) is 0 Å². The van der Waals surface area contributed by atoms with E-state index in [9.17, 15) is 8.78 Å². The van der Waals surface area contributed by atoms with Crippen molar-refractivity contribution < 1.29 is 8.78 Å². The van der Waals surface area contributed by atoms with Gasteiger partial charge in [-0.25, -0.2) is 8.78 Å². The Morgan fingerprint density at radius 1 is 1.11 bits per heavy atom. The van der Waals surface area contributed by atoms with E-state index in [4.69, 9.17) is 0 Å². The van der Waals surface area contributed by atoms with Gasteiger partial charge in [-0.2, -0.15) is 0 Å². The summed E-state index contributed by atoms with van der Waals surface area (Å²) in [5.74, 6) is -0.658. The van der Waals surface area contributed by atoms with E-state index in [1.807, 2.05) is 0 Å². The van der Waals surface area contributed by atoms with Crippen molar-refractivity contribution >= 4 is 8.07 Å². The van der Waals surface area contributed by atoms with Crippen molar-refractivity contribution in [3.8, 4) is 0 Å². The number of rotatable bonds is 1. The standard InChI is InChI=1S/C6H12F2Si/c1-5(7)6(8)9(2,3)4/h1-4H3/b6-5+. The third kappa shape index (κ3) is 2.74. The first kappa shape index (κ1) is 8.82. The SMILES string of the molecule is C/C(F)=C(/F)[Si](C)(C)C. The van der Waals surface area contributed by atoms with E-state index in [1.54, 1.807) is 19.6 Å².